The Bertz CT molecular complexity index is 579. The van der Waals surface area contributed by atoms with Gasteiger partial charge in [0.05, 0.1) is 0 Å². The predicted octanol–water partition coefficient (Wildman–Crippen LogP) is 5.40. The van der Waals surface area contributed by atoms with Crippen LogP contribution >= 0.6 is 11.8 Å². The summed E-state index contributed by atoms with van der Waals surface area (Å²) in [4.78, 5) is 5.26. The zero-order valence-corrected chi connectivity index (χ0v) is 16.6. The van der Waals surface area contributed by atoms with Crippen LogP contribution in [-0.4, -0.2) is 36.0 Å². The summed E-state index contributed by atoms with van der Waals surface area (Å²) >= 11 is 1.98. The Morgan fingerprint density at radius 2 is 1.58 bits per heavy atom. The molecular formula is C21H32N2S. The summed E-state index contributed by atoms with van der Waals surface area (Å²) in [6.07, 6.45) is 5.42. The zero-order valence-electron chi connectivity index (χ0n) is 15.8. The van der Waals surface area contributed by atoms with Crippen LogP contribution < -0.4 is 0 Å². The number of nitrogens with zero attached hydrogens (tertiary/aromatic N) is 2. The standard InChI is InChI=1S/C21H32N2S/c1-16-13-17(2)20(18(3)14-16)21-23(19(4)15-24-21)12-8-7-11-22-9-5-6-10-22/h13-15,21H,5-12H2,1-4H3. The Morgan fingerprint density at radius 3 is 2.25 bits per heavy atom. The molecule has 132 valence electrons. The van der Waals surface area contributed by atoms with Crippen LogP contribution in [0.3, 0.4) is 0 Å². The molecule has 1 aromatic carbocycles. The van der Waals surface area contributed by atoms with Crippen molar-refractivity contribution in [3.05, 3.63) is 45.5 Å². The molecule has 0 N–H and O–H groups in total. The van der Waals surface area contributed by atoms with Crippen LogP contribution in [0.4, 0.5) is 0 Å². The third kappa shape index (κ3) is 4.00. The van der Waals surface area contributed by atoms with Crippen molar-refractivity contribution in [3.63, 3.8) is 0 Å². The maximum Gasteiger partial charge on any atom is 0.105 e. The molecule has 0 radical (unpaired) electrons. The van der Waals surface area contributed by atoms with E-state index in [4.69, 9.17) is 0 Å². The van der Waals surface area contributed by atoms with Gasteiger partial charge in [0.1, 0.15) is 5.37 Å². The number of rotatable bonds is 6. The second-order valence-electron chi connectivity index (χ2n) is 7.51. The van der Waals surface area contributed by atoms with Gasteiger partial charge in [0.2, 0.25) is 0 Å². The van der Waals surface area contributed by atoms with E-state index in [2.05, 4.69) is 55.0 Å². The number of unbranched alkanes of at least 4 members (excludes halogenated alkanes) is 1. The number of aryl methyl sites for hydroxylation is 3. The van der Waals surface area contributed by atoms with E-state index in [1.807, 2.05) is 11.8 Å². The summed E-state index contributed by atoms with van der Waals surface area (Å²) in [7, 11) is 0. The molecule has 1 unspecified atom stereocenters. The Hall–Kier alpha value is -0.930. The molecule has 1 fully saturated rings. The smallest absolute Gasteiger partial charge is 0.105 e. The van der Waals surface area contributed by atoms with E-state index in [1.165, 1.54) is 79.8 Å². The number of allylic oxidation sites excluding steroid dienone is 1. The van der Waals surface area contributed by atoms with Crippen LogP contribution in [0, 0.1) is 20.8 Å². The van der Waals surface area contributed by atoms with Crippen molar-refractivity contribution in [1.82, 2.24) is 9.80 Å². The monoisotopic (exact) mass is 344 g/mol. The Kier molecular flexibility index (Phi) is 5.93. The molecule has 0 aliphatic carbocycles. The molecule has 0 aromatic heterocycles. The second-order valence-corrected chi connectivity index (χ2v) is 8.46. The van der Waals surface area contributed by atoms with Crippen molar-refractivity contribution in [3.8, 4) is 0 Å². The number of benzene rings is 1. The van der Waals surface area contributed by atoms with Crippen LogP contribution in [0.5, 0.6) is 0 Å². The average molecular weight is 345 g/mol. The molecule has 2 aliphatic heterocycles. The molecule has 0 amide bonds. The largest absolute Gasteiger partial charge is 0.358 e. The van der Waals surface area contributed by atoms with Crippen LogP contribution in [-0.2, 0) is 0 Å². The minimum Gasteiger partial charge on any atom is -0.358 e. The predicted molar refractivity (Wildman–Crippen MR) is 106 cm³/mol. The first kappa shape index (κ1) is 17.9. The molecule has 0 saturated carbocycles. The molecule has 24 heavy (non-hydrogen) atoms. The lowest BCUT2D eigenvalue weighted by Crippen LogP contribution is -2.26. The first-order valence-corrected chi connectivity index (χ1v) is 10.4. The SMILES string of the molecule is CC1=CSC(c2c(C)cc(C)cc2C)N1CCCCN1CCCC1. The average Bonchev–Trinajstić information content (AvgIpc) is 3.14. The van der Waals surface area contributed by atoms with Gasteiger partial charge in [-0.15, -0.1) is 11.8 Å². The van der Waals surface area contributed by atoms with Crippen molar-refractivity contribution in [1.29, 1.82) is 0 Å². The van der Waals surface area contributed by atoms with Crippen LogP contribution in [0.2, 0.25) is 0 Å². The van der Waals surface area contributed by atoms with Gasteiger partial charge in [-0.1, -0.05) is 17.7 Å². The van der Waals surface area contributed by atoms with E-state index < -0.39 is 0 Å². The van der Waals surface area contributed by atoms with Crippen LogP contribution in [0.15, 0.2) is 23.2 Å². The number of hydrogen-bond acceptors (Lipinski definition) is 3. The highest BCUT2D eigenvalue weighted by Gasteiger charge is 2.28. The molecule has 2 aliphatic rings. The molecule has 1 aromatic rings. The highest BCUT2D eigenvalue weighted by molar-refractivity contribution is 8.02. The molecule has 0 bridgehead atoms. The third-order valence-corrected chi connectivity index (χ3v) is 6.64. The van der Waals surface area contributed by atoms with E-state index in [0.29, 0.717) is 5.37 Å². The van der Waals surface area contributed by atoms with Gasteiger partial charge in [0.25, 0.3) is 0 Å². The molecule has 1 atom stereocenters. The summed E-state index contributed by atoms with van der Waals surface area (Å²) < 4.78 is 0. The maximum atomic E-state index is 2.63. The van der Waals surface area contributed by atoms with Gasteiger partial charge in [-0.25, -0.2) is 0 Å². The molecular weight excluding hydrogens is 312 g/mol. The minimum atomic E-state index is 0.470. The normalized spacial score (nSPS) is 21.6. The van der Waals surface area contributed by atoms with E-state index in [-0.39, 0.29) is 0 Å². The Labute approximate surface area is 152 Å². The fourth-order valence-corrected chi connectivity index (χ4v) is 5.60. The van der Waals surface area contributed by atoms with Gasteiger partial charge in [-0.05, 0) is 95.1 Å². The van der Waals surface area contributed by atoms with Gasteiger partial charge in [0.15, 0.2) is 0 Å². The van der Waals surface area contributed by atoms with Crippen molar-refractivity contribution in [2.45, 2.75) is 58.8 Å². The van der Waals surface area contributed by atoms with Gasteiger partial charge in [0, 0.05) is 12.2 Å². The van der Waals surface area contributed by atoms with Crippen molar-refractivity contribution in [2.75, 3.05) is 26.2 Å². The fraction of sp³-hybridized carbons (Fsp3) is 0.619. The summed E-state index contributed by atoms with van der Waals surface area (Å²) in [6, 6.07) is 4.67. The summed E-state index contributed by atoms with van der Waals surface area (Å²) in [5, 5.41) is 2.82. The molecule has 2 nitrogen and oxygen atoms in total. The van der Waals surface area contributed by atoms with Crippen molar-refractivity contribution in [2.24, 2.45) is 0 Å². The lowest BCUT2D eigenvalue weighted by atomic mass is 9.99. The van der Waals surface area contributed by atoms with Crippen molar-refractivity contribution < 1.29 is 0 Å². The van der Waals surface area contributed by atoms with E-state index >= 15 is 0 Å². The lowest BCUT2D eigenvalue weighted by Gasteiger charge is -2.30. The summed E-state index contributed by atoms with van der Waals surface area (Å²) in [5.74, 6) is 0. The van der Waals surface area contributed by atoms with Gasteiger partial charge in [-0.3, -0.25) is 0 Å². The minimum absolute atomic E-state index is 0.470. The third-order valence-electron chi connectivity index (χ3n) is 5.41. The topological polar surface area (TPSA) is 6.48 Å². The highest BCUT2D eigenvalue weighted by Crippen LogP contribution is 2.44. The van der Waals surface area contributed by atoms with Gasteiger partial charge >= 0.3 is 0 Å². The Balaban J connectivity index is 1.61. The zero-order chi connectivity index (χ0) is 17.1. The molecule has 3 rings (SSSR count). The summed E-state index contributed by atoms with van der Waals surface area (Å²) in [6.45, 7) is 14.1. The molecule has 2 heterocycles. The number of hydrogen-bond donors (Lipinski definition) is 0. The number of likely N-dealkylation sites (tertiary alicyclic amines) is 1. The van der Waals surface area contributed by atoms with E-state index in [0.717, 1.165) is 0 Å². The maximum absolute atomic E-state index is 2.63. The van der Waals surface area contributed by atoms with Gasteiger partial charge < -0.3 is 9.80 Å². The Morgan fingerprint density at radius 1 is 0.958 bits per heavy atom. The second kappa shape index (κ2) is 7.97. The van der Waals surface area contributed by atoms with Crippen LogP contribution in [0.25, 0.3) is 0 Å². The lowest BCUT2D eigenvalue weighted by molar-refractivity contribution is 0.295. The number of thioether (sulfide) groups is 1. The molecule has 1 saturated heterocycles. The van der Waals surface area contributed by atoms with Crippen LogP contribution in [0.1, 0.15) is 60.2 Å². The fourth-order valence-electron chi connectivity index (χ4n) is 4.21. The summed E-state index contributed by atoms with van der Waals surface area (Å²) in [5.41, 5.74) is 7.22. The van der Waals surface area contributed by atoms with Gasteiger partial charge in [-0.2, -0.15) is 0 Å². The van der Waals surface area contributed by atoms with Crippen molar-refractivity contribution >= 4 is 11.8 Å². The molecule has 0 spiro atoms. The first-order chi connectivity index (χ1) is 11.6. The highest BCUT2D eigenvalue weighted by atomic mass is 32.2. The first-order valence-electron chi connectivity index (χ1n) is 9.45. The van der Waals surface area contributed by atoms with E-state index in [9.17, 15) is 0 Å². The molecule has 3 heteroatoms. The quantitative estimate of drug-likeness (QED) is 0.638. The van der Waals surface area contributed by atoms with E-state index in [1.54, 1.807) is 0 Å².